The van der Waals surface area contributed by atoms with Gasteiger partial charge in [0.15, 0.2) is 0 Å². The highest BCUT2D eigenvalue weighted by Gasteiger charge is 2.20. The summed E-state index contributed by atoms with van der Waals surface area (Å²) < 4.78 is 0. The molecule has 3 rings (SSSR count). The molecule has 0 atom stereocenters. The Morgan fingerprint density at radius 2 is 1.75 bits per heavy atom. The second kappa shape index (κ2) is 5.58. The number of nitrogens with zero attached hydrogens (tertiary/aromatic N) is 3. The Morgan fingerprint density at radius 1 is 1.00 bits per heavy atom. The van der Waals surface area contributed by atoms with Crippen LogP contribution in [0.15, 0.2) is 59.6 Å². The Balaban J connectivity index is 1.97. The maximum absolute atomic E-state index is 9.14. The lowest BCUT2D eigenvalue weighted by Crippen LogP contribution is -2.23. The van der Waals surface area contributed by atoms with E-state index in [0.29, 0.717) is 5.56 Å². The van der Waals surface area contributed by atoms with Crippen LogP contribution < -0.4 is 4.90 Å². The Kier molecular flexibility index (Phi) is 3.47. The Bertz CT molecular complexity index is 668. The van der Waals surface area contributed by atoms with E-state index in [1.165, 1.54) is 0 Å². The molecule has 1 saturated heterocycles. The van der Waals surface area contributed by atoms with Gasteiger partial charge >= 0.3 is 0 Å². The third kappa shape index (κ3) is 2.41. The minimum atomic E-state index is 0.625. The van der Waals surface area contributed by atoms with Crippen molar-refractivity contribution in [3.05, 3.63) is 60.2 Å². The fourth-order valence-electron chi connectivity index (χ4n) is 2.47. The van der Waals surface area contributed by atoms with Crippen LogP contribution in [-0.4, -0.2) is 12.4 Å². The summed E-state index contributed by atoms with van der Waals surface area (Å²) in [5.41, 5.74) is 2.55. The summed E-state index contributed by atoms with van der Waals surface area (Å²) in [7, 11) is 0. The smallest absolute Gasteiger partial charge is 0.109 e. The lowest BCUT2D eigenvalue weighted by atomic mass is 10.2. The van der Waals surface area contributed by atoms with E-state index in [0.717, 1.165) is 36.6 Å². The van der Waals surface area contributed by atoms with E-state index in [1.54, 1.807) is 6.07 Å². The Morgan fingerprint density at radius 3 is 2.55 bits per heavy atom. The molecule has 0 bridgehead atoms. The summed E-state index contributed by atoms with van der Waals surface area (Å²) in [6.07, 6.45) is 2.05. The van der Waals surface area contributed by atoms with Gasteiger partial charge in [0.1, 0.15) is 11.9 Å². The van der Waals surface area contributed by atoms with Crippen LogP contribution in [0.2, 0.25) is 0 Å². The van der Waals surface area contributed by atoms with Gasteiger partial charge in [0.2, 0.25) is 0 Å². The molecule has 0 saturated carbocycles. The first-order chi connectivity index (χ1) is 9.88. The van der Waals surface area contributed by atoms with Crippen LogP contribution in [0.5, 0.6) is 0 Å². The molecule has 2 aromatic carbocycles. The third-order valence-electron chi connectivity index (χ3n) is 3.44. The zero-order valence-electron chi connectivity index (χ0n) is 11.2. The predicted octanol–water partition coefficient (Wildman–Crippen LogP) is 3.89. The maximum atomic E-state index is 9.14. The third-order valence-corrected chi connectivity index (χ3v) is 3.44. The lowest BCUT2D eigenvalue weighted by molar-refractivity contribution is 0.956. The summed E-state index contributed by atoms with van der Waals surface area (Å²) in [6, 6.07) is 20.0. The van der Waals surface area contributed by atoms with E-state index in [4.69, 9.17) is 10.3 Å². The molecule has 1 heterocycles. The monoisotopic (exact) mass is 261 g/mol. The van der Waals surface area contributed by atoms with Crippen molar-refractivity contribution in [2.75, 3.05) is 11.4 Å². The summed E-state index contributed by atoms with van der Waals surface area (Å²) in [4.78, 5) is 6.94. The number of amidine groups is 1. The number of para-hydroxylation sites is 2. The van der Waals surface area contributed by atoms with Crippen molar-refractivity contribution in [3.63, 3.8) is 0 Å². The van der Waals surface area contributed by atoms with Crippen molar-refractivity contribution in [1.82, 2.24) is 0 Å². The second-order valence-corrected chi connectivity index (χ2v) is 4.75. The van der Waals surface area contributed by atoms with Gasteiger partial charge in [0, 0.05) is 18.7 Å². The van der Waals surface area contributed by atoms with Crippen molar-refractivity contribution in [2.45, 2.75) is 12.8 Å². The molecular weight excluding hydrogens is 246 g/mol. The van der Waals surface area contributed by atoms with Crippen LogP contribution in [-0.2, 0) is 0 Å². The Labute approximate surface area is 118 Å². The van der Waals surface area contributed by atoms with Crippen molar-refractivity contribution in [1.29, 1.82) is 5.26 Å². The number of hydrogen-bond acceptors (Lipinski definition) is 2. The number of rotatable bonds is 2. The van der Waals surface area contributed by atoms with Gasteiger partial charge in [-0.1, -0.05) is 30.3 Å². The fraction of sp³-hybridized carbons (Fsp3) is 0.176. The van der Waals surface area contributed by atoms with Gasteiger partial charge in [-0.15, -0.1) is 0 Å². The van der Waals surface area contributed by atoms with E-state index in [9.17, 15) is 0 Å². The maximum Gasteiger partial charge on any atom is 0.109 e. The van der Waals surface area contributed by atoms with E-state index >= 15 is 0 Å². The molecule has 3 nitrogen and oxygen atoms in total. The topological polar surface area (TPSA) is 39.4 Å². The molecule has 98 valence electrons. The van der Waals surface area contributed by atoms with Crippen LogP contribution >= 0.6 is 0 Å². The molecule has 0 radical (unpaired) electrons. The molecule has 0 aliphatic carbocycles. The molecule has 0 spiro atoms. The molecular formula is C17H15N3. The zero-order valence-corrected chi connectivity index (χ0v) is 11.2. The largest absolute Gasteiger partial charge is 0.330 e. The normalized spacial score (nSPS) is 16.4. The lowest BCUT2D eigenvalue weighted by Gasteiger charge is -2.19. The summed E-state index contributed by atoms with van der Waals surface area (Å²) >= 11 is 0. The van der Waals surface area contributed by atoms with E-state index < -0.39 is 0 Å². The highest BCUT2D eigenvalue weighted by Crippen LogP contribution is 2.25. The van der Waals surface area contributed by atoms with Gasteiger partial charge in [-0.2, -0.15) is 5.26 Å². The highest BCUT2D eigenvalue weighted by molar-refractivity contribution is 6.01. The van der Waals surface area contributed by atoms with Crippen molar-refractivity contribution >= 4 is 17.2 Å². The molecule has 0 unspecified atom stereocenters. The van der Waals surface area contributed by atoms with Gasteiger partial charge in [-0.3, -0.25) is 0 Å². The van der Waals surface area contributed by atoms with E-state index in [-0.39, 0.29) is 0 Å². The fourth-order valence-corrected chi connectivity index (χ4v) is 2.47. The van der Waals surface area contributed by atoms with Crippen LogP contribution in [0, 0.1) is 11.3 Å². The predicted molar refractivity (Wildman–Crippen MR) is 81.3 cm³/mol. The molecule has 20 heavy (non-hydrogen) atoms. The molecule has 0 N–H and O–H groups in total. The van der Waals surface area contributed by atoms with Crippen LogP contribution in [0.3, 0.4) is 0 Å². The Hall–Kier alpha value is -2.60. The summed E-state index contributed by atoms with van der Waals surface area (Å²) in [5, 5.41) is 9.14. The molecule has 0 amide bonds. The first-order valence-electron chi connectivity index (χ1n) is 6.78. The average molecular weight is 261 g/mol. The molecule has 2 aromatic rings. The average Bonchev–Trinajstić information content (AvgIpc) is 2.97. The molecule has 1 aliphatic rings. The number of nitriles is 1. The SMILES string of the molecule is N#Cc1ccccc1N=C1CCCN1c1ccccc1. The first kappa shape index (κ1) is 12.4. The van der Waals surface area contributed by atoms with Crippen LogP contribution in [0.1, 0.15) is 18.4 Å². The van der Waals surface area contributed by atoms with Crippen molar-refractivity contribution < 1.29 is 0 Å². The standard InChI is InChI=1S/C17H15N3/c18-13-14-7-4-5-10-16(14)19-17-11-6-12-20(17)15-8-2-1-3-9-15/h1-5,7-10H,6,11-12H2. The van der Waals surface area contributed by atoms with E-state index in [2.05, 4.69) is 23.1 Å². The van der Waals surface area contributed by atoms with Crippen molar-refractivity contribution in [2.24, 2.45) is 4.99 Å². The highest BCUT2D eigenvalue weighted by atomic mass is 15.2. The van der Waals surface area contributed by atoms with Gasteiger partial charge in [0.05, 0.1) is 11.3 Å². The first-order valence-corrected chi connectivity index (χ1v) is 6.78. The molecule has 3 heteroatoms. The van der Waals surface area contributed by atoms with Crippen molar-refractivity contribution in [3.8, 4) is 6.07 Å². The minimum Gasteiger partial charge on any atom is -0.330 e. The number of anilines is 1. The summed E-state index contributed by atoms with van der Waals surface area (Å²) in [6.45, 7) is 0.984. The van der Waals surface area contributed by atoms with Crippen LogP contribution in [0.4, 0.5) is 11.4 Å². The molecule has 1 aliphatic heterocycles. The number of benzene rings is 2. The second-order valence-electron chi connectivity index (χ2n) is 4.75. The van der Waals surface area contributed by atoms with E-state index in [1.807, 2.05) is 36.4 Å². The van der Waals surface area contributed by atoms with Gasteiger partial charge in [-0.05, 0) is 30.7 Å². The number of aliphatic imine (C=N–C) groups is 1. The van der Waals surface area contributed by atoms with Crippen LogP contribution in [0.25, 0.3) is 0 Å². The zero-order chi connectivity index (χ0) is 13.8. The minimum absolute atomic E-state index is 0.625. The quantitative estimate of drug-likeness (QED) is 0.822. The van der Waals surface area contributed by atoms with Gasteiger partial charge in [0.25, 0.3) is 0 Å². The summed E-state index contributed by atoms with van der Waals surface area (Å²) in [5.74, 6) is 1.04. The van der Waals surface area contributed by atoms with Gasteiger partial charge < -0.3 is 4.90 Å². The molecule has 1 fully saturated rings. The van der Waals surface area contributed by atoms with Gasteiger partial charge in [-0.25, -0.2) is 4.99 Å². The molecule has 0 aromatic heterocycles. The number of hydrogen-bond donors (Lipinski definition) is 0.